The number of ether oxygens (including phenoxy) is 3. The first-order valence-electron chi connectivity index (χ1n) is 10.8. The predicted octanol–water partition coefficient (Wildman–Crippen LogP) is 2.70. The van der Waals surface area contributed by atoms with Gasteiger partial charge in [-0.3, -0.25) is 4.90 Å². The van der Waals surface area contributed by atoms with Crippen LogP contribution in [0.1, 0.15) is 15.4 Å². The van der Waals surface area contributed by atoms with Crippen molar-refractivity contribution in [2.45, 2.75) is 19.3 Å². The molecule has 10 nitrogen and oxygen atoms in total. The van der Waals surface area contributed by atoms with Gasteiger partial charge in [-0.15, -0.1) is 16.4 Å². The average Bonchev–Trinajstić information content (AvgIpc) is 3.60. The van der Waals surface area contributed by atoms with Crippen LogP contribution in [0, 0.1) is 5.82 Å². The minimum Gasteiger partial charge on any atom is -0.455 e. The Bertz CT molecular complexity index is 1160. The van der Waals surface area contributed by atoms with Crippen LogP contribution in [-0.4, -0.2) is 66.0 Å². The SMILES string of the molecule is O=C(OCc1cn(C[C@H]2CN(c3ccc(N4CCOCC4)c(F)c3)C(=O)O2)nn1)c1cccs1. The molecule has 1 aromatic carbocycles. The summed E-state index contributed by atoms with van der Waals surface area (Å²) in [7, 11) is 0. The van der Waals surface area contributed by atoms with Crippen LogP contribution >= 0.6 is 11.3 Å². The molecule has 4 heterocycles. The highest BCUT2D eigenvalue weighted by atomic mass is 32.1. The lowest BCUT2D eigenvalue weighted by atomic mass is 10.2. The van der Waals surface area contributed by atoms with E-state index in [1.807, 2.05) is 4.90 Å². The fourth-order valence-electron chi connectivity index (χ4n) is 3.86. The maximum Gasteiger partial charge on any atom is 0.414 e. The minimum absolute atomic E-state index is 0.0118. The lowest BCUT2D eigenvalue weighted by molar-refractivity contribution is 0.0473. The molecule has 0 unspecified atom stereocenters. The summed E-state index contributed by atoms with van der Waals surface area (Å²) in [6, 6.07) is 8.21. The molecule has 0 aliphatic carbocycles. The van der Waals surface area contributed by atoms with E-state index < -0.39 is 24.0 Å². The summed E-state index contributed by atoms with van der Waals surface area (Å²) in [5.41, 5.74) is 1.40. The number of hydrogen-bond donors (Lipinski definition) is 0. The molecule has 178 valence electrons. The highest BCUT2D eigenvalue weighted by Crippen LogP contribution is 2.28. The summed E-state index contributed by atoms with van der Waals surface area (Å²) in [4.78, 5) is 28.2. The Morgan fingerprint density at radius 1 is 1.26 bits per heavy atom. The molecular formula is C22H22FN5O5S. The van der Waals surface area contributed by atoms with Crippen LogP contribution in [0.4, 0.5) is 20.6 Å². The molecule has 12 heteroatoms. The van der Waals surface area contributed by atoms with Gasteiger partial charge in [0.15, 0.2) is 0 Å². The number of esters is 1. The second kappa shape index (κ2) is 9.77. The zero-order chi connectivity index (χ0) is 23.5. The molecule has 2 fully saturated rings. The van der Waals surface area contributed by atoms with E-state index in [4.69, 9.17) is 14.2 Å². The number of morpholine rings is 1. The number of amides is 1. The molecule has 1 amide bonds. The van der Waals surface area contributed by atoms with E-state index in [0.29, 0.717) is 48.2 Å². The maximum atomic E-state index is 14.8. The predicted molar refractivity (Wildman–Crippen MR) is 121 cm³/mol. The van der Waals surface area contributed by atoms with Gasteiger partial charge in [0.25, 0.3) is 0 Å². The summed E-state index contributed by atoms with van der Waals surface area (Å²) >= 11 is 1.30. The van der Waals surface area contributed by atoms with Gasteiger partial charge >= 0.3 is 12.1 Å². The normalized spacial score (nSPS) is 18.3. The smallest absolute Gasteiger partial charge is 0.414 e. The summed E-state index contributed by atoms with van der Waals surface area (Å²) in [5.74, 6) is -0.814. The van der Waals surface area contributed by atoms with Gasteiger partial charge in [-0.25, -0.2) is 18.7 Å². The number of hydrogen-bond acceptors (Lipinski definition) is 9. The molecular weight excluding hydrogens is 465 g/mol. The van der Waals surface area contributed by atoms with Crippen LogP contribution in [-0.2, 0) is 27.4 Å². The van der Waals surface area contributed by atoms with Gasteiger partial charge in [-0.2, -0.15) is 0 Å². The molecule has 0 radical (unpaired) electrons. The van der Waals surface area contributed by atoms with E-state index in [0.717, 1.165) is 0 Å². The number of nitrogens with zero attached hydrogens (tertiary/aromatic N) is 5. The average molecular weight is 488 g/mol. The lowest BCUT2D eigenvalue weighted by Gasteiger charge is -2.29. The van der Waals surface area contributed by atoms with E-state index in [9.17, 15) is 14.0 Å². The van der Waals surface area contributed by atoms with Crippen LogP contribution in [0.2, 0.25) is 0 Å². The van der Waals surface area contributed by atoms with Gasteiger partial charge in [-0.1, -0.05) is 11.3 Å². The second-order valence-corrected chi connectivity index (χ2v) is 8.78. The Balaban J connectivity index is 1.17. The molecule has 5 rings (SSSR count). The minimum atomic E-state index is -0.547. The fourth-order valence-corrected chi connectivity index (χ4v) is 4.48. The number of aromatic nitrogens is 3. The zero-order valence-electron chi connectivity index (χ0n) is 18.1. The molecule has 2 saturated heterocycles. The molecule has 0 N–H and O–H groups in total. The Hall–Kier alpha value is -3.51. The van der Waals surface area contributed by atoms with Crippen molar-refractivity contribution in [2.75, 3.05) is 42.6 Å². The Morgan fingerprint density at radius 2 is 2.12 bits per heavy atom. The number of carbonyl (C=O) groups excluding carboxylic acids is 2. The topological polar surface area (TPSA) is 99.0 Å². The number of carbonyl (C=O) groups is 2. The zero-order valence-corrected chi connectivity index (χ0v) is 18.9. The summed E-state index contributed by atoms with van der Waals surface area (Å²) < 4.78 is 32.3. The Kier molecular flexibility index (Phi) is 6.41. The third kappa shape index (κ3) is 4.87. The number of thiophene rings is 1. The van der Waals surface area contributed by atoms with E-state index in [1.54, 1.807) is 35.8 Å². The van der Waals surface area contributed by atoms with E-state index >= 15 is 0 Å². The molecule has 0 spiro atoms. The number of benzene rings is 1. The van der Waals surface area contributed by atoms with E-state index in [1.165, 1.54) is 27.0 Å². The molecule has 34 heavy (non-hydrogen) atoms. The fraction of sp³-hybridized carbons (Fsp3) is 0.364. The van der Waals surface area contributed by atoms with Crippen molar-refractivity contribution in [1.29, 1.82) is 0 Å². The molecule has 2 aliphatic rings. The van der Waals surface area contributed by atoms with Crippen molar-refractivity contribution >= 4 is 34.8 Å². The summed E-state index contributed by atoms with van der Waals surface area (Å²) in [5, 5.41) is 9.81. The number of anilines is 2. The first-order valence-corrected chi connectivity index (χ1v) is 11.6. The van der Waals surface area contributed by atoms with Gasteiger partial charge in [0.05, 0.1) is 43.9 Å². The molecule has 2 aliphatic heterocycles. The highest BCUT2D eigenvalue weighted by Gasteiger charge is 2.33. The third-order valence-corrected chi connectivity index (χ3v) is 6.37. The molecule has 2 aromatic heterocycles. The summed E-state index contributed by atoms with van der Waals surface area (Å²) in [6.45, 7) is 2.86. The molecule has 1 atom stereocenters. The van der Waals surface area contributed by atoms with Crippen LogP contribution < -0.4 is 9.80 Å². The standard InChI is InChI=1S/C22H22FN5O5S/c23-18-10-16(3-4-19(18)26-5-7-31-8-6-26)28-13-17(33-22(28)30)12-27-11-15(24-25-27)14-32-21(29)20-2-1-9-34-20/h1-4,9-11,17H,5-8,12-14H2/t17-/m0/s1. The van der Waals surface area contributed by atoms with Gasteiger partial charge in [0, 0.05) is 13.1 Å². The highest BCUT2D eigenvalue weighted by molar-refractivity contribution is 7.11. The largest absolute Gasteiger partial charge is 0.455 e. The monoisotopic (exact) mass is 487 g/mol. The van der Waals surface area contributed by atoms with Crippen molar-refractivity contribution in [3.8, 4) is 0 Å². The van der Waals surface area contributed by atoms with Crippen LogP contribution in [0.3, 0.4) is 0 Å². The van der Waals surface area contributed by atoms with E-state index in [2.05, 4.69) is 10.3 Å². The Labute approximate surface area is 198 Å². The molecule has 0 bridgehead atoms. The maximum absolute atomic E-state index is 14.8. The van der Waals surface area contributed by atoms with Crippen molar-refractivity contribution in [2.24, 2.45) is 0 Å². The van der Waals surface area contributed by atoms with Crippen molar-refractivity contribution < 1.29 is 28.2 Å². The van der Waals surface area contributed by atoms with E-state index in [-0.39, 0.29) is 19.7 Å². The van der Waals surface area contributed by atoms with Crippen molar-refractivity contribution in [1.82, 2.24) is 15.0 Å². The lowest BCUT2D eigenvalue weighted by Crippen LogP contribution is -2.36. The first kappa shape index (κ1) is 22.3. The third-order valence-electron chi connectivity index (χ3n) is 5.52. The van der Waals surface area contributed by atoms with Crippen LogP contribution in [0.25, 0.3) is 0 Å². The molecule has 3 aromatic rings. The van der Waals surface area contributed by atoms with Gasteiger partial charge < -0.3 is 19.1 Å². The number of cyclic esters (lactones) is 1. The Morgan fingerprint density at radius 3 is 2.88 bits per heavy atom. The second-order valence-electron chi connectivity index (χ2n) is 7.84. The van der Waals surface area contributed by atoms with Crippen LogP contribution in [0.5, 0.6) is 0 Å². The van der Waals surface area contributed by atoms with Crippen molar-refractivity contribution in [3.63, 3.8) is 0 Å². The first-order chi connectivity index (χ1) is 16.6. The molecule has 0 saturated carbocycles. The quantitative estimate of drug-likeness (QED) is 0.469. The van der Waals surface area contributed by atoms with Gasteiger partial charge in [0.1, 0.15) is 29.1 Å². The van der Waals surface area contributed by atoms with Crippen LogP contribution in [0.15, 0.2) is 41.9 Å². The number of rotatable bonds is 7. The number of halogens is 1. The summed E-state index contributed by atoms with van der Waals surface area (Å²) in [6.07, 6.45) is 0.598. The van der Waals surface area contributed by atoms with Gasteiger partial charge in [-0.05, 0) is 29.6 Å². The van der Waals surface area contributed by atoms with Crippen molar-refractivity contribution in [3.05, 3.63) is 58.3 Å². The van der Waals surface area contributed by atoms with Gasteiger partial charge in [0.2, 0.25) is 0 Å².